The summed E-state index contributed by atoms with van der Waals surface area (Å²) >= 11 is 0. The molecule has 0 spiro atoms. The van der Waals surface area contributed by atoms with Crippen molar-refractivity contribution in [3.05, 3.63) is 59.2 Å². The lowest BCUT2D eigenvalue weighted by Gasteiger charge is -2.15. The molecule has 0 unspecified atom stereocenters. The first-order chi connectivity index (χ1) is 11.1. The highest BCUT2D eigenvalue weighted by atomic mass is 16.5. The highest BCUT2D eigenvalue weighted by Gasteiger charge is 2.08. The third-order valence-corrected chi connectivity index (χ3v) is 3.51. The van der Waals surface area contributed by atoms with Crippen molar-refractivity contribution >= 4 is 6.21 Å². The molecule has 2 rings (SSSR count). The van der Waals surface area contributed by atoms with Crippen molar-refractivity contribution in [2.75, 3.05) is 13.2 Å². The van der Waals surface area contributed by atoms with Gasteiger partial charge in [0, 0.05) is 5.56 Å². The van der Waals surface area contributed by atoms with Crippen LogP contribution in [0.1, 0.15) is 36.5 Å². The molecule has 2 aromatic carbocycles. The molecule has 0 aliphatic rings. The Bertz CT molecular complexity index is 665. The van der Waals surface area contributed by atoms with Gasteiger partial charge in [-0.2, -0.15) is 0 Å². The average Bonchev–Trinajstić information content (AvgIpc) is 2.53. The van der Waals surface area contributed by atoms with Crippen molar-refractivity contribution in [1.29, 1.82) is 0 Å². The van der Waals surface area contributed by atoms with Gasteiger partial charge in [0.1, 0.15) is 24.7 Å². The van der Waals surface area contributed by atoms with Crippen LogP contribution in [0.25, 0.3) is 0 Å². The van der Waals surface area contributed by atoms with Crippen LogP contribution in [0.4, 0.5) is 0 Å². The fraction of sp³-hybridized carbons (Fsp3) is 0.316. The predicted octanol–water partition coefficient (Wildman–Crippen LogP) is 4.38. The molecule has 4 heteroatoms. The zero-order chi connectivity index (χ0) is 16.7. The highest BCUT2D eigenvalue weighted by molar-refractivity contribution is 5.82. The Morgan fingerprint density at radius 1 is 1.04 bits per heavy atom. The van der Waals surface area contributed by atoms with E-state index in [2.05, 4.69) is 44.1 Å². The number of oxime groups is 1. The van der Waals surface area contributed by atoms with E-state index in [1.807, 2.05) is 24.3 Å². The monoisotopic (exact) mass is 313 g/mol. The molecule has 0 radical (unpaired) electrons. The normalized spacial score (nSPS) is 11.1. The number of benzene rings is 2. The molecule has 4 nitrogen and oxygen atoms in total. The fourth-order valence-electron chi connectivity index (χ4n) is 2.33. The number of aryl methyl sites for hydroxylation is 1. The molecule has 0 saturated heterocycles. The maximum atomic E-state index is 8.66. The quantitative estimate of drug-likeness (QED) is 0.357. The lowest BCUT2D eigenvalue weighted by molar-refractivity contribution is 0.215. The summed E-state index contributed by atoms with van der Waals surface area (Å²) in [6, 6.07) is 13.7. The van der Waals surface area contributed by atoms with E-state index >= 15 is 0 Å². The van der Waals surface area contributed by atoms with E-state index in [1.165, 1.54) is 17.3 Å². The predicted molar refractivity (Wildman–Crippen MR) is 92.1 cm³/mol. The Hall–Kier alpha value is -2.49. The molecule has 2 aromatic rings. The zero-order valence-electron chi connectivity index (χ0n) is 13.8. The van der Waals surface area contributed by atoms with Gasteiger partial charge in [-0.3, -0.25) is 0 Å². The molecule has 0 amide bonds. The van der Waals surface area contributed by atoms with Gasteiger partial charge in [-0.1, -0.05) is 43.3 Å². The number of para-hydroxylation sites is 1. The summed E-state index contributed by atoms with van der Waals surface area (Å²) < 4.78 is 11.6. The van der Waals surface area contributed by atoms with Crippen molar-refractivity contribution in [2.24, 2.45) is 5.16 Å². The van der Waals surface area contributed by atoms with Crippen LogP contribution in [0.5, 0.6) is 11.5 Å². The molecule has 0 aromatic heterocycles. The second kappa shape index (κ2) is 8.22. The van der Waals surface area contributed by atoms with Crippen LogP contribution < -0.4 is 9.47 Å². The van der Waals surface area contributed by atoms with Crippen LogP contribution in [0.2, 0.25) is 0 Å². The van der Waals surface area contributed by atoms with Gasteiger partial charge in [0.2, 0.25) is 0 Å². The second-order valence-corrected chi connectivity index (χ2v) is 5.68. The third kappa shape index (κ3) is 4.74. The van der Waals surface area contributed by atoms with Crippen molar-refractivity contribution in [3.63, 3.8) is 0 Å². The first kappa shape index (κ1) is 16.9. The van der Waals surface area contributed by atoms with Crippen molar-refractivity contribution in [3.8, 4) is 11.5 Å². The maximum absolute atomic E-state index is 8.66. The van der Waals surface area contributed by atoms with E-state index < -0.39 is 0 Å². The topological polar surface area (TPSA) is 51.0 Å². The van der Waals surface area contributed by atoms with Gasteiger partial charge in [-0.05, 0) is 42.2 Å². The Morgan fingerprint density at radius 3 is 2.43 bits per heavy atom. The van der Waals surface area contributed by atoms with E-state index in [1.54, 1.807) is 0 Å². The summed E-state index contributed by atoms with van der Waals surface area (Å²) in [5.41, 5.74) is 3.10. The van der Waals surface area contributed by atoms with Gasteiger partial charge in [0.05, 0.1) is 6.21 Å². The minimum atomic E-state index is 0.410. The first-order valence-electron chi connectivity index (χ1n) is 7.74. The van der Waals surface area contributed by atoms with Gasteiger partial charge >= 0.3 is 0 Å². The molecule has 0 heterocycles. The summed E-state index contributed by atoms with van der Waals surface area (Å²) in [7, 11) is 0. The molecule has 0 aliphatic heterocycles. The standard InChI is InChI=1S/C19H23NO3/c1-14(2)17-9-8-15(3)12-19(17)23-11-10-22-18-7-5-4-6-16(18)13-20-21/h4-9,12-14,21H,10-11H2,1-3H3/b20-13+. The van der Waals surface area contributed by atoms with Crippen LogP contribution in [0, 0.1) is 6.92 Å². The molecule has 0 fully saturated rings. The van der Waals surface area contributed by atoms with Gasteiger partial charge in [-0.15, -0.1) is 0 Å². The Kier molecular flexibility index (Phi) is 6.03. The van der Waals surface area contributed by atoms with E-state index in [4.69, 9.17) is 14.7 Å². The van der Waals surface area contributed by atoms with Crippen molar-refractivity contribution in [2.45, 2.75) is 26.7 Å². The molecule has 0 aliphatic carbocycles. The SMILES string of the molecule is Cc1ccc(C(C)C)c(OCCOc2ccccc2/C=N/O)c1. The summed E-state index contributed by atoms with van der Waals surface area (Å²) in [5.74, 6) is 1.99. The molecular weight excluding hydrogens is 290 g/mol. The van der Waals surface area contributed by atoms with Gasteiger partial charge in [0.25, 0.3) is 0 Å². The first-order valence-corrected chi connectivity index (χ1v) is 7.74. The molecule has 0 atom stereocenters. The Balaban J connectivity index is 1.95. The van der Waals surface area contributed by atoms with Crippen molar-refractivity contribution in [1.82, 2.24) is 0 Å². The van der Waals surface area contributed by atoms with E-state index in [0.29, 0.717) is 24.9 Å². The summed E-state index contributed by atoms with van der Waals surface area (Å²) in [4.78, 5) is 0. The number of hydrogen-bond donors (Lipinski definition) is 1. The summed E-state index contributed by atoms with van der Waals surface area (Å²) in [5, 5.41) is 11.7. The highest BCUT2D eigenvalue weighted by Crippen LogP contribution is 2.27. The van der Waals surface area contributed by atoms with Crippen LogP contribution in [0.15, 0.2) is 47.6 Å². The van der Waals surface area contributed by atoms with E-state index in [-0.39, 0.29) is 0 Å². The molecular formula is C19H23NO3. The number of ether oxygens (including phenoxy) is 2. The summed E-state index contributed by atoms with van der Waals surface area (Å²) in [6.45, 7) is 7.23. The number of nitrogens with zero attached hydrogens (tertiary/aromatic N) is 1. The molecule has 0 saturated carbocycles. The largest absolute Gasteiger partial charge is 0.490 e. The smallest absolute Gasteiger partial charge is 0.128 e. The molecule has 23 heavy (non-hydrogen) atoms. The van der Waals surface area contributed by atoms with Crippen molar-refractivity contribution < 1.29 is 14.7 Å². The fourth-order valence-corrected chi connectivity index (χ4v) is 2.33. The molecule has 1 N–H and O–H groups in total. The van der Waals surface area contributed by atoms with Crippen LogP contribution >= 0.6 is 0 Å². The molecule has 122 valence electrons. The van der Waals surface area contributed by atoms with E-state index in [0.717, 1.165) is 11.3 Å². The number of rotatable bonds is 7. The Labute approximate surface area is 137 Å². The lowest BCUT2D eigenvalue weighted by atomic mass is 10.0. The maximum Gasteiger partial charge on any atom is 0.128 e. The van der Waals surface area contributed by atoms with Gasteiger partial charge < -0.3 is 14.7 Å². The van der Waals surface area contributed by atoms with Crippen LogP contribution in [-0.4, -0.2) is 24.6 Å². The Morgan fingerprint density at radius 2 is 1.74 bits per heavy atom. The third-order valence-electron chi connectivity index (χ3n) is 3.51. The minimum absolute atomic E-state index is 0.410. The van der Waals surface area contributed by atoms with E-state index in [9.17, 15) is 0 Å². The number of hydrogen-bond acceptors (Lipinski definition) is 4. The molecule has 0 bridgehead atoms. The van der Waals surface area contributed by atoms with Gasteiger partial charge in [-0.25, -0.2) is 0 Å². The average molecular weight is 313 g/mol. The second-order valence-electron chi connectivity index (χ2n) is 5.68. The van der Waals surface area contributed by atoms with Gasteiger partial charge in [0.15, 0.2) is 0 Å². The van der Waals surface area contributed by atoms with Crippen LogP contribution in [0.3, 0.4) is 0 Å². The van der Waals surface area contributed by atoms with Crippen LogP contribution in [-0.2, 0) is 0 Å². The lowest BCUT2D eigenvalue weighted by Crippen LogP contribution is -2.11. The summed E-state index contributed by atoms with van der Waals surface area (Å²) in [6.07, 6.45) is 1.35. The zero-order valence-corrected chi connectivity index (χ0v) is 13.8. The minimum Gasteiger partial charge on any atom is -0.490 e.